The van der Waals surface area contributed by atoms with Gasteiger partial charge in [-0.2, -0.15) is 0 Å². The number of amides is 1. The van der Waals surface area contributed by atoms with Gasteiger partial charge in [0.2, 0.25) is 5.76 Å². The van der Waals surface area contributed by atoms with Crippen molar-refractivity contribution in [2.24, 2.45) is 0 Å². The average molecular weight is 305 g/mol. The maximum Gasteiger partial charge on any atom is 0.374 e. The second-order valence-corrected chi connectivity index (χ2v) is 4.71. The van der Waals surface area contributed by atoms with E-state index < -0.39 is 11.9 Å². The first-order valence-corrected chi connectivity index (χ1v) is 6.79. The molecule has 0 unspecified atom stereocenters. The van der Waals surface area contributed by atoms with Crippen molar-refractivity contribution in [1.82, 2.24) is 5.32 Å². The van der Waals surface area contributed by atoms with Crippen LogP contribution in [0.1, 0.15) is 21.9 Å². The minimum absolute atomic E-state index is 0.0663. The highest BCUT2D eigenvalue weighted by Gasteiger charge is 2.13. The SMILES string of the molecule is Cc1ccc(C(=O)OCC(=O)NCCc2ccc(F)cc2)o1. The van der Waals surface area contributed by atoms with Crippen LogP contribution in [-0.2, 0) is 16.0 Å². The maximum absolute atomic E-state index is 12.7. The Morgan fingerprint density at radius 1 is 1.18 bits per heavy atom. The van der Waals surface area contributed by atoms with Crippen molar-refractivity contribution in [1.29, 1.82) is 0 Å². The molecule has 0 aliphatic carbocycles. The molecular formula is C16H16FNO4. The highest BCUT2D eigenvalue weighted by molar-refractivity contribution is 5.88. The van der Waals surface area contributed by atoms with Crippen molar-refractivity contribution < 1.29 is 23.1 Å². The molecule has 0 aliphatic heterocycles. The van der Waals surface area contributed by atoms with Gasteiger partial charge in [0, 0.05) is 6.54 Å². The smallest absolute Gasteiger partial charge is 0.374 e. The van der Waals surface area contributed by atoms with Crippen LogP contribution in [0, 0.1) is 12.7 Å². The number of ether oxygens (including phenoxy) is 1. The molecule has 1 amide bonds. The summed E-state index contributed by atoms with van der Waals surface area (Å²) < 4.78 is 22.6. The molecule has 0 saturated carbocycles. The summed E-state index contributed by atoms with van der Waals surface area (Å²) in [5.74, 6) is -0.722. The zero-order valence-electron chi connectivity index (χ0n) is 12.1. The number of halogens is 1. The Morgan fingerprint density at radius 3 is 2.55 bits per heavy atom. The molecule has 6 heteroatoms. The fraction of sp³-hybridized carbons (Fsp3) is 0.250. The molecule has 116 valence electrons. The number of hydrogen-bond acceptors (Lipinski definition) is 4. The predicted molar refractivity (Wildman–Crippen MR) is 76.8 cm³/mol. The first kappa shape index (κ1) is 15.8. The first-order valence-electron chi connectivity index (χ1n) is 6.79. The van der Waals surface area contributed by atoms with Gasteiger partial charge in [0.05, 0.1) is 0 Å². The molecule has 0 aliphatic rings. The van der Waals surface area contributed by atoms with E-state index in [4.69, 9.17) is 9.15 Å². The Bertz CT molecular complexity index is 648. The van der Waals surface area contributed by atoms with Gasteiger partial charge >= 0.3 is 5.97 Å². The van der Waals surface area contributed by atoms with Crippen LogP contribution in [0.15, 0.2) is 40.8 Å². The molecule has 22 heavy (non-hydrogen) atoms. The Morgan fingerprint density at radius 2 is 1.91 bits per heavy atom. The minimum atomic E-state index is -0.679. The van der Waals surface area contributed by atoms with Crippen LogP contribution < -0.4 is 5.32 Å². The van der Waals surface area contributed by atoms with E-state index in [9.17, 15) is 14.0 Å². The van der Waals surface area contributed by atoms with E-state index in [0.717, 1.165) is 5.56 Å². The van der Waals surface area contributed by atoms with Gasteiger partial charge in [-0.25, -0.2) is 9.18 Å². The number of hydrogen-bond donors (Lipinski definition) is 1. The maximum atomic E-state index is 12.7. The quantitative estimate of drug-likeness (QED) is 0.831. The van der Waals surface area contributed by atoms with Crippen molar-refractivity contribution in [2.75, 3.05) is 13.2 Å². The van der Waals surface area contributed by atoms with Crippen LogP contribution in [0.3, 0.4) is 0 Å². The Balaban J connectivity index is 1.67. The van der Waals surface area contributed by atoms with E-state index in [1.54, 1.807) is 25.1 Å². The third-order valence-electron chi connectivity index (χ3n) is 2.93. The van der Waals surface area contributed by atoms with Gasteiger partial charge in [0.15, 0.2) is 6.61 Å². The topological polar surface area (TPSA) is 68.5 Å². The van der Waals surface area contributed by atoms with Crippen molar-refractivity contribution in [3.63, 3.8) is 0 Å². The molecule has 0 spiro atoms. The summed E-state index contributed by atoms with van der Waals surface area (Å²) >= 11 is 0. The summed E-state index contributed by atoms with van der Waals surface area (Å²) in [5, 5.41) is 2.62. The van der Waals surface area contributed by atoms with Gasteiger partial charge in [0.25, 0.3) is 5.91 Å². The highest BCUT2D eigenvalue weighted by Crippen LogP contribution is 2.07. The van der Waals surface area contributed by atoms with E-state index in [1.807, 2.05) is 0 Å². The molecule has 0 radical (unpaired) electrons. The molecule has 1 aromatic heterocycles. The number of furan rings is 1. The minimum Gasteiger partial charge on any atom is -0.454 e. The second kappa shape index (κ2) is 7.40. The van der Waals surface area contributed by atoms with E-state index in [1.165, 1.54) is 18.2 Å². The molecule has 0 bridgehead atoms. The molecule has 5 nitrogen and oxygen atoms in total. The molecule has 1 heterocycles. The van der Waals surface area contributed by atoms with Crippen molar-refractivity contribution in [3.05, 3.63) is 59.3 Å². The van der Waals surface area contributed by atoms with Crippen molar-refractivity contribution in [2.45, 2.75) is 13.3 Å². The number of benzene rings is 1. The van der Waals surface area contributed by atoms with Gasteiger partial charge in [-0.15, -0.1) is 0 Å². The molecule has 1 aromatic carbocycles. The number of aryl methyl sites for hydroxylation is 1. The average Bonchev–Trinajstić information content (AvgIpc) is 2.93. The number of carbonyl (C=O) groups is 2. The number of rotatable bonds is 6. The lowest BCUT2D eigenvalue weighted by molar-refractivity contribution is -0.124. The van der Waals surface area contributed by atoms with Crippen LogP contribution in [-0.4, -0.2) is 25.0 Å². The summed E-state index contributed by atoms with van der Waals surface area (Å²) in [6, 6.07) is 9.17. The molecule has 1 N–H and O–H groups in total. The lowest BCUT2D eigenvalue weighted by Crippen LogP contribution is -2.30. The lowest BCUT2D eigenvalue weighted by Gasteiger charge is -2.06. The summed E-state index contributed by atoms with van der Waals surface area (Å²) in [5.41, 5.74) is 0.907. The van der Waals surface area contributed by atoms with E-state index in [-0.39, 0.29) is 18.2 Å². The molecule has 0 atom stereocenters. The Labute approximate surface area is 127 Å². The Hall–Kier alpha value is -2.63. The van der Waals surface area contributed by atoms with Crippen molar-refractivity contribution >= 4 is 11.9 Å². The first-order chi connectivity index (χ1) is 10.5. The van der Waals surface area contributed by atoms with Gasteiger partial charge in [-0.3, -0.25) is 4.79 Å². The van der Waals surface area contributed by atoms with Crippen LogP contribution >= 0.6 is 0 Å². The van der Waals surface area contributed by atoms with Crippen molar-refractivity contribution in [3.8, 4) is 0 Å². The van der Waals surface area contributed by atoms with Crippen LogP contribution in [0.2, 0.25) is 0 Å². The van der Waals surface area contributed by atoms with E-state index in [0.29, 0.717) is 18.7 Å². The third-order valence-corrected chi connectivity index (χ3v) is 2.93. The van der Waals surface area contributed by atoms with Gasteiger partial charge < -0.3 is 14.5 Å². The third kappa shape index (κ3) is 4.73. The van der Waals surface area contributed by atoms with Gasteiger partial charge in [-0.1, -0.05) is 12.1 Å². The van der Waals surface area contributed by atoms with Crippen LogP contribution in [0.5, 0.6) is 0 Å². The second-order valence-electron chi connectivity index (χ2n) is 4.71. The number of esters is 1. The van der Waals surface area contributed by atoms with Crippen LogP contribution in [0.4, 0.5) is 4.39 Å². The van der Waals surface area contributed by atoms with Crippen LogP contribution in [0.25, 0.3) is 0 Å². The molecule has 2 aromatic rings. The van der Waals surface area contributed by atoms with Gasteiger partial charge in [0.1, 0.15) is 11.6 Å². The summed E-state index contributed by atoms with van der Waals surface area (Å²) in [7, 11) is 0. The zero-order valence-corrected chi connectivity index (χ0v) is 12.1. The monoisotopic (exact) mass is 305 g/mol. The number of nitrogens with one attached hydrogen (secondary N) is 1. The molecular weight excluding hydrogens is 289 g/mol. The standard InChI is InChI=1S/C16H16FNO4/c1-11-2-7-14(22-11)16(20)21-10-15(19)18-9-8-12-3-5-13(17)6-4-12/h2-7H,8-10H2,1H3,(H,18,19). The van der Waals surface area contributed by atoms with E-state index >= 15 is 0 Å². The summed E-state index contributed by atoms with van der Waals surface area (Å²) in [6.07, 6.45) is 0.567. The molecule has 0 fully saturated rings. The molecule has 2 rings (SSSR count). The zero-order chi connectivity index (χ0) is 15.9. The fourth-order valence-corrected chi connectivity index (χ4v) is 1.79. The Kier molecular flexibility index (Phi) is 5.30. The fourth-order valence-electron chi connectivity index (χ4n) is 1.79. The van der Waals surface area contributed by atoms with Gasteiger partial charge in [-0.05, 0) is 43.2 Å². The van der Waals surface area contributed by atoms with E-state index in [2.05, 4.69) is 5.32 Å². The summed E-state index contributed by atoms with van der Waals surface area (Å²) in [4.78, 5) is 23.1. The lowest BCUT2D eigenvalue weighted by atomic mass is 10.1. The summed E-state index contributed by atoms with van der Waals surface area (Å²) in [6.45, 7) is 1.71. The number of carbonyl (C=O) groups excluding carboxylic acids is 2. The highest BCUT2D eigenvalue weighted by atomic mass is 19.1. The largest absolute Gasteiger partial charge is 0.454 e. The normalized spacial score (nSPS) is 10.3. The predicted octanol–water partition coefficient (Wildman–Crippen LogP) is 2.24. The molecule has 0 saturated heterocycles.